The van der Waals surface area contributed by atoms with Crippen LogP contribution in [-0.2, 0) is 0 Å². The lowest BCUT2D eigenvalue weighted by Gasteiger charge is -2.13. The van der Waals surface area contributed by atoms with Crippen LogP contribution in [0.5, 0.6) is 11.5 Å². The number of para-hydroxylation sites is 1. The Bertz CT molecular complexity index is 832. The first-order valence-corrected chi connectivity index (χ1v) is 7.56. The summed E-state index contributed by atoms with van der Waals surface area (Å²) in [5.74, 6) is 1.12. The molecule has 0 aliphatic carbocycles. The molecule has 0 amide bonds. The third-order valence-corrected chi connectivity index (χ3v) is 4.52. The highest BCUT2D eigenvalue weighted by Crippen LogP contribution is 2.42. The highest BCUT2D eigenvalue weighted by Gasteiger charge is 2.29. The molecule has 3 aromatic rings. The van der Waals surface area contributed by atoms with Crippen LogP contribution in [-0.4, -0.2) is 25.1 Å². The van der Waals surface area contributed by atoms with Crippen molar-refractivity contribution in [2.45, 2.75) is 10.5 Å². The smallest absolute Gasteiger partial charge is 0.212 e. The number of rotatable bonds is 2. The molecule has 4 rings (SSSR count). The normalized spacial score (nSPS) is 16.3. The number of aromatic nitrogens is 3. The van der Waals surface area contributed by atoms with E-state index in [0.29, 0.717) is 5.82 Å². The van der Waals surface area contributed by atoms with Crippen molar-refractivity contribution in [1.29, 1.82) is 0 Å². The Morgan fingerprint density at radius 1 is 1.00 bits per heavy atom. The lowest BCUT2D eigenvalue weighted by atomic mass is 10.2. The summed E-state index contributed by atoms with van der Waals surface area (Å²) in [7, 11) is 0. The van der Waals surface area contributed by atoms with Gasteiger partial charge in [-0.05, 0) is 30.3 Å². The number of phenolic OH excluding ortho intramolecular Hbond substituents is 2. The monoisotopic (exact) mass is 312 g/mol. The van der Waals surface area contributed by atoms with E-state index in [1.165, 1.54) is 11.8 Å². The molecule has 0 spiro atoms. The van der Waals surface area contributed by atoms with Crippen LogP contribution in [0.3, 0.4) is 0 Å². The number of benzene rings is 2. The molecule has 0 saturated carbocycles. The molecule has 0 saturated heterocycles. The Labute approximate surface area is 130 Å². The molecule has 3 N–H and O–H groups in total. The molecule has 1 atom stereocenters. The van der Waals surface area contributed by atoms with E-state index in [1.54, 1.807) is 41.1 Å². The highest BCUT2D eigenvalue weighted by molar-refractivity contribution is 7.99. The molecule has 110 valence electrons. The van der Waals surface area contributed by atoms with Gasteiger partial charge in [-0.3, -0.25) is 0 Å². The minimum Gasteiger partial charge on any atom is -0.508 e. The number of nitrogens with one attached hydrogen (secondary N) is 1. The van der Waals surface area contributed by atoms with Crippen molar-refractivity contribution in [2.75, 3.05) is 5.43 Å². The predicted molar refractivity (Wildman–Crippen MR) is 83.2 cm³/mol. The van der Waals surface area contributed by atoms with Gasteiger partial charge in [-0.1, -0.05) is 30.0 Å². The van der Waals surface area contributed by atoms with Gasteiger partial charge in [-0.2, -0.15) is 0 Å². The summed E-state index contributed by atoms with van der Waals surface area (Å²) in [5, 5.41) is 28.3. The molecule has 1 unspecified atom stereocenters. The lowest BCUT2D eigenvalue weighted by molar-refractivity contribution is 0.468. The fourth-order valence-electron chi connectivity index (χ4n) is 2.35. The van der Waals surface area contributed by atoms with E-state index < -0.39 is 0 Å². The van der Waals surface area contributed by atoms with Gasteiger partial charge in [0.1, 0.15) is 16.9 Å². The van der Waals surface area contributed by atoms with Gasteiger partial charge in [0.05, 0.1) is 0 Å². The number of thioether (sulfide) groups is 1. The fraction of sp³-hybridized carbons (Fsp3) is 0.0667. The highest BCUT2D eigenvalue weighted by atomic mass is 32.2. The molecule has 0 bridgehead atoms. The van der Waals surface area contributed by atoms with Crippen molar-refractivity contribution in [3.8, 4) is 22.9 Å². The summed E-state index contributed by atoms with van der Waals surface area (Å²) < 4.78 is 1.80. The van der Waals surface area contributed by atoms with Crippen LogP contribution in [0.15, 0.2) is 53.7 Å². The molecule has 2 heterocycles. The summed E-state index contributed by atoms with van der Waals surface area (Å²) in [6.07, 6.45) is 0. The largest absolute Gasteiger partial charge is 0.508 e. The number of fused-ring (bicyclic) bond motifs is 1. The van der Waals surface area contributed by atoms with Crippen LogP contribution in [0, 0.1) is 0 Å². The maximum atomic E-state index is 9.98. The Kier molecular flexibility index (Phi) is 2.93. The zero-order chi connectivity index (χ0) is 15.1. The Morgan fingerprint density at radius 3 is 2.55 bits per heavy atom. The van der Waals surface area contributed by atoms with Crippen molar-refractivity contribution in [2.24, 2.45) is 0 Å². The third kappa shape index (κ3) is 2.06. The zero-order valence-corrected chi connectivity index (χ0v) is 12.2. The maximum absolute atomic E-state index is 9.98. The van der Waals surface area contributed by atoms with Crippen molar-refractivity contribution >= 4 is 11.8 Å². The summed E-state index contributed by atoms with van der Waals surface area (Å²) in [6.45, 7) is 0. The van der Waals surface area contributed by atoms with Crippen molar-refractivity contribution < 1.29 is 10.2 Å². The van der Waals surface area contributed by atoms with Crippen molar-refractivity contribution in [3.05, 3.63) is 54.1 Å². The Balaban J connectivity index is 1.68. The third-order valence-electron chi connectivity index (χ3n) is 3.45. The van der Waals surface area contributed by atoms with E-state index >= 15 is 0 Å². The maximum Gasteiger partial charge on any atom is 0.212 e. The molecule has 1 aliphatic heterocycles. The topological polar surface area (TPSA) is 83.2 Å². The second-order valence-corrected chi connectivity index (χ2v) is 5.95. The average molecular weight is 312 g/mol. The Morgan fingerprint density at radius 2 is 1.77 bits per heavy atom. The van der Waals surface area contributed by atoms with E-state index in [2.05, 4.69) is 15.6 Å². The quantitative estimate of drug-likeness (QED) is 0.675. The van der Waals surface area contributed by atoms with Crippen LogP contribution in [0.4, 0.5) is 0 Å². The number of aromatic hydroxyl groups is 2. The van der Waals surface area contributed by atoms with Crippen molar-refractivity contribution in [3.63, 3.8) is 0 Å². The second-order valence-electron chi connectivity index (χ2n) is 4.87. The van der Waals surface area contributed by atoms with Gasteiger partial charge in [0, 0.05) is 11.1 Å². The zero-order valence-electron chi connectivity index (χ0n) is 11.3. The van der Waals surface area contributed by atoms with E-state index in [4.69, 9.17) is 0 Å². The van der Waals surface area contributed by atoms with Crippen LogP contribution < -0.4 is 5.43 Å². The molecule has 0 radical (unpaired) electrons. The average Bonchev–Trinajstić information content (AvgIpc) is 3.09. The van der Waals surface area contributed by atoms with Gasteiger partial charge in [-0.25, -0.2) is 4.68 Å². The molecule has 1 aromatic heterocycles. The molecule has 6 nitrogen and oxygen atoms in total. The van der Waals surface area contributed by atoms with Crippen LogP contribution in [0.2, 0.25) is 0 Å². The van der Waals surface area contributed by atoms with Gasteiger partial charge < -0.3 is 15.6 Å². The van der Waals surface area contributed by atoms with E-state index in [9.17, 15) is 10.2 Å². The lowest BCUT2D eigenvalue weighted by Crippen LogP contribution is -2.13. The predicted octanol–water partition coefficient (Wildman–Crippen LogP) is 2.70. The minimum atomic E-state index is -0.123. The molecular weight excluding hydrogens is 300 g/mol. The summed E-state index contributed by atoms with van der Waals surface area (Å²) in [5.41, 5.74) is 4.94. The number of hydrogen-bond acceptors (Lipinski definition) is 6. The first-order valence-electron chi connectivity index (χ1n) is 6.68. The van der Waals surface area contributed by atoms with E-state index in [0.717, 1.165) is 16.3 Å². The van der Waals surface area contributed by atoms with Gasteiger partial charge in [-0.15, -0.1) is 10.2 Å². The number of hydrogen-bond donors (Lipinski definition) is 3. The second kappa shape index (κ2) is 4.96. The molecule has 22 heavy (non-hydrogen) atoms. The molecule has 7 heteroatoms. The minimum absolute atomic E-state index is 0.123. The van der Waals surface area contributed by atoms with Gasteiger partial charge in [0.15, 0.2) is 5.82 Å². The van der Waals surface area contributed by atoms with Crippen LogP contribution in [0.1, 0.15) is 10.9 Å². The first kappa shape index (κ1) is 13.0. The van der Waals surface area contributed by atoms with Gasteiger partial charge in [0.2, 0.25) is 5.16 Å². The van der Waals surface area contributed by atoms with Crippen LogP contribution in [0.25, 0.3) is 11.4 Å². The summed E-state index contributed by atoms with van der Waals surface area (Å²) in [6, 6.07) is 14.0. The SMILES string of the molecule is Oc1ccc(-c2nnc3n2NC(c2ccccc2O)S3)cc1. The number of nitrogens with zero attached hydrogens (tertiary/aromatic N) is 3. The standard InChI is InChI=1S/C15H12N4O2S/c20-10-7-5-9(6-8-10)13-16-17-15-19(13)18-14(22-15)11-3-1-2-4-12(11)21/h1-8,14,18,20-21H. The summed E-state index contributed by atoms with van der Waals surface area (Å²) >= 11 is 1.49. The summed E-state index contributed by atoms with van der Waals surface area (Å²) in [4.78, 5) is 0. The molecular formula is C15H12N4O2S. The van der Waals surface area contributed by atoms with E-state index in [1.807, 2.05) is 12.1 Å². The van der Waals surface area contributed by atoms with E-state index in [-0.39, 0.29) is 16.9 Å². The first-order chi connectivity index (χ1) is 10.7. The van der Waals surface area contributed by atoms with Crippen LogP contribution >= 0.6 is 11.8 Å². The van der Waals surface area contributed by atoms with Gasteiger partial charge in [0.25, 0.3) is 0 Å². The fourth-order valence-corrected chi connectivity index (χ4v) is 3.38. The number of phenols is 2. The molecule has 0 fully saturated rings. The molecule has 1 aliphatic rings. The molecule has 2 aromatic carbocycles. The van der Waals surface area contributed by atoms with Crippen molar-refractivity contribution in [1.82, 2.24) is 14.9 Å². The Hall–Kier alpha value is -2.67. The van der Waals surface area contributed by atoms with Gasteiger partial charge >= 0.3 is 0 Å².